The fourth-order valence-electron chi connectivity index (χ4n) is 2.02. The van der Waals surface area contributed by atoms with Crippen LogP contribution in [0, 0.1) is 0 Å². The van der Waals surface area contributed by atoms with Crippen molar-refractivity contribution in [2.45, 2.75) is 20.3 Å². The third kappa shape index (κ3) is 3.28. The third-order valence-electron chi connectivity index (χ3n) is 3.02. The van der Waals surface area contributed by atoms with Gasteiger partial charge in [-0.15, -0.1) is 0 Å². The first-order chi connectivity index (χ1) is 10.6. The monoisotopic (exact) mass is 303 g/mol. The van der Waals surface area contributed by atoms with Gasteiger partial charge in [0, 0.05) is 12.5 Å². The number of anilines is 1. The van der Waals surface area contributed by atoms with Gasteiger partial charge in [0.05, 0.1) is 12.3 Å². The van der Waals surface area contributed by atoms with Gasteiger partial charge in [0.1, 0.15) is 17.1 Å². The molecular weight excluding hydrogens is 286 g/mol. The minimum atomic E-state index is -1.12. The summed E-state index contributed by atoms with van der Waals surface area (Å²) in [5, 5.41) is 11.7. The number of para-hydroxylation sites is 2. The lowest BCUT2D eigenvalue weighted by Gasteiger charge is -2.10. The summed E-state index contributed by atoms with van der Waals surface area (Å²) in [6, 6.07) is 8.23. The first-order valence-electron chi connectivity index (χ1n) is 6.96. The molecule has 1 aromatic heterocycles. The first-order valence-corrected chi connectivity index (χ1v) is 6.96. The van der Waals surface area contributed by atoms with Gasteiger partial charge in [-0.3, -0.25) is 4.79 Å². The lowest BCUT2D eigenvalue weighted by Crippen LogP contribution is -2.12. The summed E-state index contributed by atoms with van der Waals surface area (Å²) in [5.74, 6) is -0.862. The van der Waals surface area contributed by atoms with E-state index in [9.17, 15) is 9.59 Å². The zero-order valence-corrected chi connectivity index (χ0v) is 12.4. The van der Waals surface area contributed by atoms with Gasteiger partial charge in [0.2, 0.25) is 0 Å². The predicted octanol–water partition coefficient (Wildman–Crippen LogP) is 3.19. The van der Waals surface area contributed by atoms with Gasteiger partial charge >= 0.3 is 5.97 Å². The Hall–Kier alpha value is -2.76. The molecule has 6 heteroatoms. The van der Waals surface area contributed by atoms with Crippen molar-refractivity contribution in [1.29, 1.82) is 0 Å². The number of carboxylic acid groups (broad SMARTS) is 1. The van der Waals surface area contributed by atoms with Crippen molar-refractivity contribution in [3.05, 3.63) is 47.4 Å². The Labute approximate surface area is 127 Å². The number of amides is 1. The van der Waals surface area contributed by atoms with E-state index < -0.39 is 11.9 Å². The molecule has 2 rings (SSSR count). The molecule has 1 heterocycles. The molecule has 0 radical (unpaired) electrons. The SMILES string of the molecule is CCOc1ccccc1NC(=O)c1cc(C(=O)O)c(CC)o1. The number of aryl methyl sites for hydroxylation is 1. The molecule has 116 valence electrons. The number of ether oxygens (including phenoxy) is 1. The van der Waals surface area contributed by atoms with E-state index >= 15 is 0 Å². The molecule has 0 aliphatic carbocycles. The number of hydrogen-bond donors (Lipinski definition) is 2. The maximum Gasteiger partial charge on any atom is 0.339 e. The van der Waals surface area contributed by atoms with E-state index in [1.165, 1.54) is 6.07 Å². The number of rotatable bonds is 6. The van der Waals surface area contributed by atoms with Crippen molar-refractivity contribution >= 4 is 17.6 Å². The van der Waals surface area contributed by atoms with Crippen LogP contribution in [-0.2, 0) is 6.42 Å². The van der Waals surface area contributed by atoms with E-state index in [4.69, 9.17) is 14.3 Å². The topological polar surface area (TPSA) is 88.8 Å². The maximum atomic E-state index is 12.2. The van der Waals surface area contributed by atoms with Gasteiger partial charge in [-0.2, -0.15) is 0 Å². The van der Waals surface area contributed by atoms with Crippen LogP contribution in [0.25, 0.3) is 0 Å². The maximum absolute atomic E-state index is 12.2. The normalized spacial score (nSPS) is 10.3. The molecule has 0 bridgehead atoms. The molecule has 1 amide bonds. The molecule has 0 saturated carbocycles. The van der Waals surface area contributed by atoms with Gasteiger partial charge in [0.25, 0.3) is 5.91 Å². The van der Waals surface area contributed by atoms with E-state index in [1.54, 1.807) is 31.2 Å². The van der Waals surface area contributed by atoms with Gasteiger partial charge in [0.15, 0.2) is 5.76 Å². The Kier molecular flexibility index (Phi) is 4.83. The van der Waals surface area contributed by atoms with Crippen molar-refractivity contribution in [2.75, 3.05) is 11.9 Å². The van der Waals surface area contributed by atoms with Crippen molar-refractivity contribution < 1.29 is 23.8 Å². The average molecular weight is 303 g/mol. The highest BCUT2D eigenvalue weighted by Gasteiger charge is 2.20. The number of carboxylic acids is 1. The fraction of sp³-hybridized carbons (Fsp3) is 0.250. The van der Waals surface area contributed by atoms with Gasteiger partial charge in [-0.05, 0) is 19.1 Å². The Morgan fingerprint density at radius 3 is 2.59 bits per heavy atom. The van der Waals surface area contributed by atoms with Crippen molar-refractivity contribution in [1.82, 2.24) is 0 Å². The largest absolute Gasteiger partial charge is 0.492 e. The zero-order valence-electron chi connectivity index (χ0n) is 12.4. The number of hydrogen-bond acceptors (Lipinski definition) is 4. The molecule has 0 spiro atoms. The van der Waals surface area contributed by atoms with E-state index in [0.29, 0.717) is 24.5 Å². The van der Waals surface area contributed by atoms with Crippen LogP contribution in [0.15, 0.2) is 34.7 Å². The van der Waals surface area contributed by atoms with Crippen molar-refractivity contribution in [3.63, 3.8) is 0 Å². The van der Waals surface area contributed by atoms with E-state index in [0.717, 1.165) is 0 Å². The van der Waals surface area contributed by atoms with Gasteiger partial charge < -0.3 is 19.6 Å². The summed E-state index contributed by atoms with van der Waals surface area (Å²) in [4.78, 5) is 23.3. The Morgan fingerprint density at radius 1 is 1.27 bits per heavy atom. The van der Waals surface area contributed by atoms with Gasteiger partial charge in [-0.25, -0.2) is 4.79 Å². The second-order valence-electron chi connectivity index (χ2n) is 4.49. The molecule has 0 aliphatic heterocycles. The second kappa shape index (κ2) is 6.80. The number of carbonyl (C=O) groups excluding carboxylic acids is 1. The third-order valence-corrected chi connectivity index (χ3v) is 3.02. The van der Waals surface area contributed by atoms with Gasteiger partial charge in [-0.1, -0.05) is 19.1 Å². The number of nitrogens with one attached hydrogen (secondary N) is 1. The standard InChI is InChI=1S/C16H17NO5/c1-3-12-10(16(19)20)9-14(22-12)15(18)17-11-7-5-6-8-13(11)21-4-2/h5-9H,3-4H2,1-2H3,(H,17,18)(H,19,20). The van der Waals surface area contributed by atoms with Crippen LogP contribution in [0.1, 0.15) is 40.5 Å². The van der Waals surface area contributed by atoms with Crippen LogP contribution < -0.4 is 10.1 Å². The van der Waals surface area contributed by atoms with E-state index in [-0.39, 0.29) is 17.1 Å². The molecule has 0 aliphatic rings. The number of benzene rings is 1. The molecule has 0 fully saturated rings. The number of furan rings is 1. The molecule has 6 nitrogen and oxygen atoms in total. The highest BCUT2D eigenvalue weighted by Crippen LogP contribution is 2.25. The summed E-state index contributed by atoms with van der Waals surface area (Å²) in [6.07, 6.45) is 0.393. The molecule has 1 aromatic carbocycles. The molecule has 2 aromatic rings. The molecule has 0 unspecified atom stereocenters. The van der Waals surface area contributed by atoms with Crippen molar-refractivity contribution in [3.8, 4) is 5.75 Å². The first kappa shape index (κ1) is 15.6. The predicted molar refractivity (Wildman–Crippen MR) is 80.6 cm³/mol. The number of carbonyl (C=O) groups is 2. The zero-order chi connectivity index (χ0) is 16.1. The lowest BCUT2D eigenvalue weighted by atomic mass is 10.2. The van der Waals surface area contributed by atoms with E-state index in [1.807, 2.05) is 6.92 Å². The molecular formula is C16H17NO5. The molecule has 2 N–H and O–H groups in total. The Balaban J connectivity index is 2.24. The minimum Gasteiger partial charge on any atom is -0.492 e. The summed E-state index contributed by atoms with van der Waals surface area (Å²) in [7, 11) is 0. The van der Waals surface area contributed by atoms with Crippen LogP contribution in [-0.4, -0.2) is 23.6 Å². The van der Waals surface area contributed by atoms with Crippen LogP contribution in [0.2, 0.25) is 0 Å². The highest BCUT2D eigenvalue weighted by molar-refractivity contribution is 6.04. The van der Waals surface area contributed by atoms with Crippen molar-refractivity contribution in [2.24, 2.45) is 0 Å². The lowest BCUT2D eigenvalue weighted by molar-refractivity contribution is 0.0694. The van der Waals surface area contributed by atoms with Crippen LogP contribution in [0.3, 0.4) is 0 Å². The second-order valence-corrected chi connectivity index (χ2v) is 4.49. The fourth-order valence-corrected chi connectivity index (χ4v) is 2.02. The van der Waals surface area contributed by atoms with E-state index in [2.05, 4.69) is 5.32 Å². The average Bonchev–Trinajstić information content (AvgIpc) is 2.94. The van der Waals surface area contributed by atoms with Crippen LogP contribution in [0.5, 0.6) is 5.75 Å². The Bertz CT molecular complexity index is 690. The van der Waals surface area contributed by atoms with Crippen LogP contribution >= 0.6 is 0 Å². The Morgan fingerprint density at radius 2 is 2.00 bits per heavy atom. The summed E-state index contributed by atoms with van der Waals surface area (Å²) >= 11 is 0. The minimum absolute atomic E-state index is 0.00532. The van der Waals surface area contributed by atoms with Crippen LogP contribution in [0.4, 0.5) is 5.69 Å². The quantitative estimate of drug-likeness (QED) is 0.855. The molecule has 0 saturated heterocycles. The molecule has 22 heavy (non-hydrogen) atoms. The molecule has 0 atom stereocenters. The summed E-state index contributed by atoms with van der Waals surface area (Å²) in [6.45, 7) is 4.08. The smallest absolute Gasteiger partial charge is 0.339 e. The summed E-state index contributed by atoms with van der Waals surface area (Å²) < 4.78 is 10.7. The number of aromatic carboxylic acids is 1. The highest BCUT2D eigenvalue weighted by atomic mass is 16.5. The summed E-state index contributed by atoms with van der Waals surface area (Å²) in [5.41, 5.74) is 0.506.